The number of imidazole rings is 1. The van der Waals surface area contributed by atoms with Crippen LogP contribution in [0.5, 0.6) is 0 Å². The van der Waals surface area contributed by atoms with Gasteiger partial charge in [-0.1, -0.05) is 12.1 Å². The lowest BCUT2D eigenvalue weighted by Gasteiger charge is -2.26. The number of nitrogens with one attached hydrogen (secondary N) is 1. The molecular formula is C25H22F3N9O. The van der Waals surface area contributed by atoms with Crippen molar-refractivity contribution in [1.82, 2.24) is 44.4 Å². The number of benzene rings is 1. The third-order valence-corrected chi connectivity index (χ3v) is 6.57. The number of alkyl halides is 3. The fraction of sp³-hybridized carbons (Fsp3) is 0.280. The van der Waals surface area contributed by atoms with Crippen LogP contribution < -0.4 is 10.9 Å². The van der Waals surface area contributed by atoms with Gasteiger partial charge in [0.15, 0.2) is 11.6 Å². The first kappa shape index (κ1) is 24.0. The SMILES string of the molecule is CC(C)n1cnnc1-c1cccc(-n2ncc3ccc(-n4cnc5c4CCNC5C(F)(F)F)cc3c2=O)n1. The molecule has 1 N–H and O–H groups in total. The van der Waals surface area contributed by atoms with E-state index in [1.807, 2.05) is 18.4 Å². The van der Waals surface area contributed by atoms with Crippen molar-refractivity contribution in [3.05, 3.63) is 77.0 Å². The molecule has 1 aliphatic rings. The molecule has 1 aromatic carbocycles. The lowest BCUT2D eigenvalue weighted by Crippen LogP contribution is -2.39. The molecule has 13 heteroatoms. The van der Waals surface area contributed by atoms with E-state index < -0.39 is 17.8 Å². The predicted octanol–water partition coefficient (Wildman–Crippen LogP) is 3.55. The first-order chi connectivity index (χ1) is 18.2. The van der Waals surface area contributed by atoms with E-state index in [0.29, 0.717) is 45.9 Å². The molecule has 38 heavy (non-hydrogen) atoms. The van der Waals surface area contributed by atoms with Crippen molar-refractivity contribution in [2.75, 3.05) is 6.54 Å². The van der Waals surface area contributed by atoms with Crippen molar-refractivity contribution < 1.29 is 13.2 Å². The molecule has 0 bridgehead atoms. The molecule has 5 aromatic rings. The van der Waals surface area contributed by atoms with Gasteiger partial charge in [0.05, 0.1) is 23.6 Å². The Morgan fingerprint density at radius 3 is 2.76 bits per heavy atom. The summed E-state index contributed by atoms with van der Waals surface area (Å²) in [5.41, 5.74) is 1.07. The van der Waals surface area contributed by atoms with Gasteiger partial charge in [-0.3, -0.25) is 4.79 Å². The average molecular weight is 522 g/mol. The van der Waals surface area contributed by atoms with Crippen LogP contribution >= 0.6 is 0 Å². The molecule has 0 saturated carbocycles. The van der Waals surface area contributed by atoms with E-state index in [-0.39, 0.29) is 18.3 Å². The second-order valence-corrected chi connectivity index (χ2v) is 9.29. The number of aromatic nitrogens is 8. The van der Waals surface area contributed by atoms with Crippen LogP contribution in [-0.4, -0.2) is 51.8 Å². The number of hydrogen-bond donors (Lipinski definition) is 1. The zero-order valence-electron chi connectivity index (χ0n) is 20.4. The van der Waals surface area contributed by atoms with E-state index in [2.05, 4.69) is 30.6 Å². The van der Waals surface area contributed by atoms with Crippen molar-refractivity contribution in [1.29, 1.82) is 0 Å². The van der Waals surface area contributed by atoms with Crippen molar-refractivity contribution in [3.8, 4) is 23.0 Å². The van der Waals surface area contributed by atoms with E-state index in [9.17, 15) is 18.0 Å². The molecule has 0 fully saturated rings. The fourth-order valence-electron chi connectivity index (χ4n) is 4.71. The molecule has 1 unspecified atom stereocenters. The summed E-state index contributed by atoms with van der Waals surface area (Å²) in [4.78, 5) is 22.2. The molecule has 0 amide bonds. The number of fused-ring (bicyclic) bond motifs is 2. The van der Waals surface area contributed by atoms with Crippen LogP contribution in [0.3, 0.4) is 0 Å². The van der Waals surface area contributed by atoms with Crippen molar-refractivity contribution in [2.45, 2.75) is 38.5 Å². The Hall–Kier alpha value is -4.39. The zero-order chi connectivity index (χ0) is 26.6. The topological polar surface area (TPSA) is 108 Å². The molecular weight excluding hydrogens is 499 g/mol. The van der Waals surface area contributed by atoms with Crippen LogP contribution in [0.15, 0.2) is 60.0 Å². The van der Waals surface area contributed by atoms with Crippen LogP contribution in [0.1, 0.15) is 37.3 Å². The van der Waals surface area contributed by atoms with Crippen molar-refractivity contribution in [2.24, 2.45) is 0 Å². The smallest absolute Gasteiger partial charge is 0.310 e. The first-order valence-corrected chi connectivity index (χ1v) is 12.0. The van der Waals surface area contributed by atoms with E-state index in [0.717, 1.165) is 0 Å². The van der Waals surface area contributed by atoms with E-state index in [1.54, 1.807) is 53.5 Å². The van der Waals surface area contributed by atoms with E-state index >= 15 is 0 Å². The number of halogens is 3. The molecule has 1 aliphatic heterocycles. The molecule has 0 aliphatic carbocycles. The highest BCUT2D eigenvalue weighted by atomic mass is 19.4. The van der Waals surface area contributed by atoms with Crippen LogP contribution in [0.4, 0.5) is 13.2 Å². The highest BCUT2D eigenvalue weighted by Gasteiger charge is 2.45. The fourth-order valence-corrected chi connectivity index (χ4v) is 4.71. The summed E-state index contributed by atoms with van der Waals surface area (Å²) < 4.78 is 45.2. The Balaban J connectivity index is 1.43. The maximum Gasteiger partial charge on any atom is 0.409 e. The quantitative estimate of drug-likeness (QED) is 0.385. The predicted molar refractivity (Wildman–Crippen MR) is 132 cm³/mol. The van der Waals surface area contributed by atoms with Gasteiger partial charge in [0.2, 0.25) is 0 Å². The Morgan fingerprint density at radius 1 is 1.13 bits per heavy atom. The van der Waals surface area contributed by atoms with Crippen LogP contribution in [0.2, 0.25) is 0 Å². The zero-order valence-corrected chi connectivity index (χ0v) is 20.4. The van der Waals surface area contributed by atoms with Gasteiger partial charge in [-0.15, -0.1) is 10.2 Å². The summed E-state index contributed by atoms with van der Waals surface area (Å²) >= 11 is 0. The second-order valence-electron chi connectivity index (χ2n) is 9.29. The number of pyridine rings is 1. The average Bonchev–Trinajstić information content (AvgIpc) is 3.56. The van der Waals surface area contributed by atoms with Gasteiger partial charge in [-0.05, 0) is 38.1 Å². The third kappa shape index (κ3) is 3.95. The Bertz CT molecular complexity index is 1720. The highest BCUT2D eigenvalue weighted by molar-refractivity contribution is 5.83. The molecule has 0 radical (unpaired) electrons. The third-order valence-electron chi connectivity index (χ3n) is 6.57. The highest BCUT2D eigenvalue weighted by Crippen LogP contribution is 2.36. The molecule has 4 aromatic heterocycles. The summed E-state index contributed by atoms with van der Waals surface area (Å²) in [6.07, 6.45) is 0.461. The minimum Gasteiger partial charge on any atom is -0.310 e. The Morgan fingerprint density at radius 2 is 1.97 bits per heavy atom. The maximum atomic E-state index is 13.5. The molecule has 6 rings (SSSR count). The van der Waals surface area contributed by atoms with Crippen molar-refractivity contribution in [3.63, 3.8) is 0 Å². The van der Waals surface area contributed by atoms with Gasteiger partial charge in [-0.25, -0.2) is 9.97 Å². The van der Waals surface area contributed by atoms with Gasteiger partial charge < -0.3 is 14.5 Å². The molecule has 10 nitrogen and oxygen atoms in total. The van der Waals surface area contributed by atoms with Crippen molar-refractivity contribution >= 4 is 10.8 Å². The van der Waals surface area contributed by atoms with Crippen LogP contribution in [0, 0.1) is 0 Å². The largest absolute Gasteiger partial charge is 0.409 e. The summed E-state index contributed by atoms with van der Waals surface area (Å²) in [7, 11) is 0. The van der Waals surface area contributed by atoms with E-state index in [4.69, 9.17) is 0 Å². The van der Waals surface area contributed by atoms with Crippen LogP contribution in [-0.2, 0) is 6.42 Å². The lowest BCUT2D eigenvalue weighted by atomic mass is 10.0. The number of rotatable bonds is 4. The van der Waals surface area contributed by atoms with Gasteiger partial charge in [0.25, 0.3) is 5.56 Å². The first-order valence-electron chi connectivity index (χ1n) is 12.0. The second kappa shape index (κ2) is 8.87. The van der Waals surface area contributed by atoms with Gasteiger partial charge in [-0.2, -0.15) is 23.0 Å². The maximum absolute atomic E-state index is 13.5. The molecule has 0 spiro atoms. The monoisotopic (exact) mass is 521 g/mol. The Kier molecular flexibility index (Phi) is 5.60. The summed E-state index contributed by atoms with van der Waals surface area (Å²) in [6, 6.07) is 8.58. The Labute approximate surface area is 213 Å². The lowest BCUT2D eigenvalue weighted by molar-refractivity contribution is -0.159. The van der Waals surface area contributed by atoms with Gasteiger partial charge >= 0.3 is 6.18 Å². The van der Waals surface area contributed by atoms with E-state index in [1.165, 1.54) is 11.0 Å². The minimum absolute atomic E-state index is 0.0498. The summed E-state index contributed by atoms with van der Waals surface area (Å²) in [5.74, 6) is 0.867. The minimum atomic E-state index is -4.46. The molecule has 194 valence electrons. The summed E-state index contributed by atoms with van der Waals surface area (Å²) in [6.45, 7) is 4.17. The normalized spacial score (nSPS) is 15.8. The standard InChI is InChI=1S/C25H22F3N9O/c1-14(2)35-13-31-34-23(35)18-4-3-5-20(33-18)37-24(38)17-10-16(7-6-15(17)11-32-37)36-12-30-21-19(36)8-9-29-22(21)25(26,27)28/h3-7,10-14,22,29H,8-9H2,1-2H3. The summed E-state index contributed by atoms with van der Waals surface area (Å²) in [5, 5.41) is 15.9. The number of nitrogens with zero attached hydrogens (tertiary/aromatic N) is 8. The van der Waals surface area contributed by atoms with Crippen LogP contribution in [0.25, 0.3) is 33.8 Å². The van der Waals surface area contributed by atoms with Gasteiger partial charge in [0, 0.05) is 35.8 Å². The molecule has 0 saturated heterocycles. The molecule has 1 atom stereocenters. The van der Waals surface area contributed by atoms with Gasteiger partial charge in [0.1, 0.15) is 18.1 Å². The number of hydrogen-bond acceptors (Lipinski definition) is 7. The molecule has 5 heterocycles.